The Bertz CT molecular complexity index is 806. The second-order valence-electron chi connectivity index (χ2n) is 4.32. The number of sulfonamides is 1. The highest BCUT2D eigenvalue weighted by atomic mass is 79.9. The monoisotopic (exact) mass is 387 g/mol. The van der Waals surface area contributed by atoms with Crippen LogP contribution in [0, 0.1) is 0 Å². The highest BCUT2D eigenvalue weighted by Gasteiger charge is 2.18. The summed E-state index contributed by atoms with van der Waals surface area (Å²) in [6.07, 6.45) is 0. The Balaban J connectivity index is 2.37. The second-order valence-corrected chi connectivity index (χ2v) is 7.29. The standard InChI is InChI=1S/C14H11BrClNO3S/c1-9(18)10-3-2-4-12(7-10)17-21(19,20)14-6-5-11(15)8-13(14)16/h2-8,17H,1H3. The number of carbonyl (C=O) groups is 1. The van der Waals surface area contributed by atoms with Crippen LogP contribution in [-0.2, 0) is 10.0 Å². The predicted molar refractivity (Wildman–Crippen MR) is 86.4 cm³/mol. The van der Waals surface area contributed by atoms with Crippen molar-refractivity contribution in [2.24, 2.45) is 0 Å². The molecule has 110 valence electrons. The molecular weight excluding hydrogens is 378 g/mol. The largest absolute Gasteiger partial charge is 0.295 e. The number of halogens is 2. The SMILES string of the molecule is CC(=O)c1cccc(NS(=O)(=O)c2ccc(Br)cc2Cl)c1. The maximum absolute atomic E-state index is 12.3. The van der Waals surface area contributed by atoms with Crippen LogP contribution in [-0.4, -0.2) is 14.2 Å². The van der Waals surface area contributed by atoms with Crippen LogP contribution in [0.5, 0.6) is 0 Å². The molecule has 0 aliphatic heterocycles. The van der Waals surface area contributed by atoms with Crippen molar-refractivity contribution in [2.45, 2.75) is 11.8 Å². The van der Waals surface area contributed by atoms with Crippen molar-refractivity contribution < 1.29 is 13.2 Å². The zero-order valence-corrected chi connectivity index (χ0v) is 14.1. The van der Waals surface area contributed by atoms with Gasteiger partial charge in [-0.15, -0.1) is 0 Å². The molecule has 0 radical (unpaired) electrons. The third kappa shape index (κ3) is 3.84. The number of benzene rings is 2. The summed E-state index contributed by atoms with van der Waals surface area (Å²) in [5.74, 6) is -0.141. The van der Waals surface area contributed by atoms with Crippen LogP contribution in [0.25, 0.3) is 0 Å². The van der Waals surface area contributed by atoms with Crippen LogP contribution in [0.1, 0.15) is 17.3 Å². The first-order valence-corrected chi connectivity index (χ1v) is 8.54. The Labute approximate surface area is 136 Å². The van der Waals surface area contributed by atoms with E-state index in [1.807, 2.05) is 0 Å². The molecule has 0 fully saturated rings. The van der Waals surface area contributed by atoms with Crippen LogP contribution >= 0.6 is 27.5 Å². The first-order chi connectivity index (χ1) is 9.79. The van der Waals surface area contributed by atoms with E-state index in [-0.39, 0.29) is 15.7 Å². The van der Waals surface area contributed by atoms with Crippen LogP contribution < -0.4 is 4.72 Å². The van der Waals surface area contributed by atoms with Gasteiger partial charge in [0, 0.05) is 15.7 Å². The van der Waals surface area contributed by atoms with E-state index >= 15 is 0 Å². The summed E-state index contributed by atoms with van der Waals surface area (Å²) in [5, 5.41) is 0.111. The maximum atomic E-state index is 12.3. The Kier molecular flexibility index (Phi) is 4.70. The van der Waals surface area contributed by atoms with Gasteiger partial charge < -0.3 is 0 Å². The van der Waals surface area contributed by atoms with Crippen molar-refractivity contribution in [3.63, 3.8) is 0 Å². The smallest absolute Gasteiger partial charge is 0.263 e. The summed E-state index contributed by atoms with van der Waals surface area (Å²) in [6, 6.07) is 10.8. The van der Waals surface area contributed by atoms with Crippen molar-refractivity contribution in [1.82, 2.24) is 0 Å². The van der Waals surface area contributed by atoms with Gasteiger partial charge in [-0.2, -0.15) is 0 Å². The van der Waals surface area contributed by atoms with Gasteiger partial charge in [-0.25, -0.2) is 8.42 Å². The third-order valence-electron chi connectivity index (χ3n) is 2.70. The van der Waals surface area contributed by atoms with Gasteiger partial charge in [0.05, 0.1) is 5.02 Å². The van der Waals surface area contributed by atoms with E-state index in [0.29, 0.717) is 15.7 Å². The van der Waals surface area contributed by atoms with Crippen LogP contribution in [0.15, 0.2) is 51.8 Å². The molecule has 2 aromatic rings. The van der Waals surface area contributed by atoms with E-state index in [1.54, 1.807) is 24.3 Å². The summed E-state index contributed by atoms with van der Waals surface area (Å²) in [6.45, 7) is 1.42. The van der Waals surface area contributed by atoms with Gasteiger partial charge in [0.2, 0.25) is 0 Å². The lowest BCUT2D eigenvalue weighted by molar-refractivity contribution is 0.101. The van der Waals surface area contributed by atoms with Gasteiger partial charge in [-0.1, -0.05) is 39.7 Å². The molecule has 1 N–H and O–H groups in total. The predicted octanol–water partition coefficient (Wildman–Crippen LogP) is 4.11. The number of hydrogen-bond acceptors (Lipinski definition) is 3. The highest BCUT2D eigenvalue weighted by molar-refractivity contribution is 9.10. The Morgan fingerprint density at radius 1 is 1.19 bits per heavy atom. The molecule has 4 nitrogen and oxygen atoms in total. The zero-order chi connectivity index (χ0) is 15.6. The first kappa shape index (κ1) is 16.0. The molecule has 7 heteroatoms. The molecule has 0 saturated heterocycles. The molecule has 2 aromatic carbocycles. The number of nitrogens with one attached hydrogen (secondary N) is 1. The van der Waals surface area contributed by atoms with E-state index in [0.717, 1.165) is 0 Å². The van der Waals surface area contributed by atoms with Gasteiger partial charge in [0.15, 0.2) is 5.78 Å². The summed E-state index contributed by atoms with van der Waals surface area (Å²) in [7, 11) is -3.82. The summed E-state index contributed by atoms with van der Waals surface area (Å²) < 4.78 is 27.7. The molecule has 2 rings (SSSR count). The average Bonchev–Trinajstić information content (AvgIpc) is 2.37. The van der Waals surface area contributed by atoms with E-state index in [4.69, 9.17) is 11.6 Å². The number of ketones is 1. The van der Waals surface area contributed by atoms with Crippen molar-refractivity contribution in [3.05, 3.63) is 57.5 Å². The minimum atomic E-state index is -3.82. The number of anilines is 1. The van der Waals surface area contributed by atoms with Crippen molar-refractivity contribution in [3.8, 4) is 0 Å². The van der Waals surface area contributed by atoms with Crippen molar-refractivity contribution in [2.75, 3.05) is 4.72 Å². The molecule has 0 saturated carbocycles. The molecule has 0 heterocycles. The molecular formula is C14H11BrClNO3S. The fourth-order valence-corrected chi connectivity index (χ4v) is 3.79. The quantitative estimate of drug-likeness (QED) is 0.802. The van der Waals surface area contributed by atoms with Crippen LogP contribution in [0.2, 0.25) is 5.02 Å². The summed E-state index contributed by atoms with van der Waals surface area (Å²) in [4.78, 5) is 11.3. The van der Waals surface area contributed by atoms with Crippen molar-refractivity contribution in [1.29, 1.82) is 0 Å². The molecule has 0 amide bonds. The molecule has 0 bridgehead atoms. The van der Waals surface area contributed by atoms with Crippen LogP contribution in [0.4, 0.5) is 5.69 Å². The van der Waals surface area contributed by atoms with Crippen molar-refractivity contribution >= 4 is 49.0 Å². The lowest BCUT2D eigenvalue weighted by Gasteiger charge is -2.10. The number of Topliss-reactive ketones (excluding diaryl/α,β-unsaturated/α-hetero) is 1. The first-order valence-electron chi connectivity index (χ1n) is 5.88. The normalized spacial score (nSPS) is 11.2. The van der Waals surface area contributed by atoms with E-state index < -0.39 is 10.0 Å². The molecule has 0 aliphatic rings. The highest BCUT2D eigenvalue weighted by Crippen LogP contribution is 2.27. The second kappa shape index (κ2) is 6.17. The molecule has 0 aromatic heterocycles. The lowest BCUT2D eigenvalue weighted by Crippen LogP contribution is -2.13. The minimum Gasteiger partial charge on any atom is -0.295 e. The van der Waals surface area contributed by atoms with Gasteiger partial charge in [0.1, 0.15) is 4.90 Å². The fourth-order valence-electron chi connectivity index (χ4n) is 1.70. The Hall–Kier alpha value is -1.37. The molecule has 0 unspecified atom stereocenters. The lowest BCUT2D eigenvalue weighted by atomic mass is 10.1. The summed E-state index contributed by atoms with van der Waals surface area (Å²) in [5.41, 5.74) is 0.735. The van der Waals surface area contributed by atoms with Gasteiger partial charge in [-0.05, 0) is 37.3 Å². The van der Waals surface area contributed by atoms with Gasteiger partial charge >= 0.3 is 0 Å². The molecule has 0 atom stereocenters. The van der Waals surface area contributed by atoms with E-state index in [2.05, 4.69) is 20.7 Å². The average molecular weight is 389 g/mol. The van der Waals surface area contributed by atoms with Gasteiger partial charge in [-0.3, -0.25) is 9.52 Å². The maximum Gasteiger partial charge on any atom is 0.263 e. The van der Waals surface area contributed by atoms with Gasteiger partial charge in [0.25, 0.3) is 10.0 Å². The Morgan fingerprint density at radius 3 is 2.52 bits per heavy atom. The fraction of sp³-hybridized carbons (Fsp3) is 0.0714. The van der Waals surface area contributed by atoms with E-state index in [9.17, 15) is 13.2 Å². The molecule has 21 heavy (non-hydrogen) atoms. The van der Waals surface area contributed by atoms with E-state index in [1.165, 1.54) is 25.1 Å². The number of rotatable bonds is 4. The topological polar surface area (TPSA) is 63.2 Å². The number of carbonyl (C=O) groups excluding carboxylic acids is 1. The third-order valence-corrected chi connectivity index (χ3v) is 5.06. The summed E-state index contributed by atoms with van der Waals surface area (Å²) >= 11 is 9.18. The molecule has 0 aliphatic carbocycles. The zero-order valence-electron chi connectivity index (χ0n) is 10.9. The molecule has 0 spiro atoms. The Morgan fingerprint density at radius 2 is 1.90 bits per heavy atom. The van der Waals surface area contributed by atoms with Crippen LogP contribution in [0.3, 0.4) is 0 Å². The minimum absolute atomic E-state index is 0.0272. The number of hydrogen-bond donors (Lipinski definition) is 1.